The number of hydrogen-bond donors (Lipinski definition) is 2. The minimum absolute atomic E-state index is 0.238. The Morgan fingerprint density at radius 2 is 1.67 bits per heavy atom. The predicted octanol–water partition coefficient (Wildman–Crippen LogP) is 4.59. The van der Waals surface area contributed by atoms with Crippen molar-refractivity contribution in [3.05, 3.63) is 71.4 Å². The number of amides is 1. The molecule has 5 heteroatoms. The van der Waals surface area contributed by atoms with Crippen molar-refractivity contribution in [2.45, 2.75) is 32.7 Å². The van der Waals surface area contributed by atoms with Gasteiger partial charge < -0.3 is 10.6 Å². The van der Waals surface area contributed by atoms with Gasteiger partial charge in [-0.2, -0.15) is 0 Å². The summed E-state index contributed by atoms with van der Waals surface area (Å²) in [6, 6.07) is 17.9. The van der Waals surface area contributed by atoms with E-state index in [1.54, 1.807) is 6.07 Å². The maximum absolute atomic E-state index is 12.8. The molecule has 136 valence electrons. The summed E-state index contributed by atoms with van der Waals surface area (Å²) < 4.78 is 0. The number of hydrogen-bond acceptors (Lipinski definition) is 4. The van der Waals surface area contributed by atoms with E-state index in [1.165, 1.54) is 0 Å². The van der Waals surface area contributed by atoms with E-state index in [4.69, 9.17) is 0 Å². The number of nitrogens with one attached hydrogen (secondary N) is 2. The maximum atomic E-state index is 12.8. The molecule has 1 aliphatic carbocycles. The third kappa shape index (κ3) is 4.31. The van der Waals surface area contributed by atoms with Gasteiger partial charge in [-0.15, -0.1) is 0 Å². The van der Waals surface area contributed by atoms with Crippen molar-refractivity contribution >= 4 is 17.4 Å². The Kier molecular flexibility index (Phi) is 4.59. The third-order valence-electron chi connectivity index (χ3n) is 4.40. The smallest absolute Gasteiger partial charge is 0.274 e. The zero-order chi connectivity index (χ0) is 18.8. The molecule has 2 N–H and O–H groups in total. The van der Waals surface area contributed by atoms with Gasteiger partial charge in [-0.3, -0.25) is 4.79 Å². The highest BCUT2D eigenvalue weighted by Crippen LogP contribution is 2.26. The molecule has 1 aromatic heterocycles. The van der Waals surface area contributed by atoms with Crippen LogP contribution in [0.15, 0.2) is 54.6 Å². The Morgan fingerprint density at radius 1 is 0.963 bits per heavy atom. The fourth-order valence-electron chi connectivity index (χ4n) is 3.03. The molecule has 1 saturated carbocycles. The van der Waals surface area contributed by atoms with Gasteiger partial charge in [0.15, 0.2) is 5.82 Å². The topological polar surface area (TPSA) is 66.9 Å². The van der Waals surface area contributed by atoms with Gasteiger partial charge in [0.05, 0.1) is 0 Å². The molecule has 0 unspecified atom stereocenters. The SMILES string of the molecule is Cc1cc(C)cc(NC(=O)c2cc(NC3CC3)nc(-c3ccccc3)n2)c1. The molecule has 1 heterocycles. The quantitative estimate of drug-likeness (QED) is 0.700. The summed E-state index contributed by atoms with van der Waals surface area (Å²) in [6.45, 7) is 4.02. The molecular formula is C22H22N4O. The first-order valence-electron chi connectivity index (χ1n) is 9.17. The van der Waals surface area contributed by atoms with Crippen LogP contribution in [0.2, 0.25) is 0 Å². The number of aryl methyl sites for hydroxylation is 2. The van der Waals surface area contributed by atoms with Crippen LogP contribution in [-0.2, 0) is 0 Å². The van der Waals surface area contributed by atoms with Crippen LogP contribution in [0.25, 0.3) is 11.4 Å². The highest BCUT2D eigenvalue weighted by atomic mass is 16.1. The first-order valence-corrected chi connectivity index (χ1v) is 9.17. The summed E-state index contributed by atoms with van der Waals surface area (Å²) in [5.74, 6) is 1.00. The average Bonchev–Trinajstić information content (AvgIpc) is 3.45. The summed E-state index contributed by atoms with van der Waals surface area (Å²) in [5.41, 5.74) is 4.22. The molecule has 0 atom stereocenters. The van der Waals surface area contributed by atoms with Crippen molar-refractivity contribution in [1.29, 1.82) is 0 Å². The molecule has 3 aromatic rings. The van der Waals surface area contributed by atoms with Crippen LogP contribution >= 0.6 is 0 Å². The van der Waals surface area contributed by atoms with E-state index in [2.05, 4.69) is 26.7 Å². The summed E-state index contributed by atoms with van der Waals surface area (Å²) in [4.78, 5) is 22.0. The molecule has 4 rings (SSSR count). The lowest BCUT2D eigenvalue weighted by molar-refractivity contribution is 0.102. The van der Waals surface area contributed by atoms with E-state index in [0.29, 0.717) is 23.4 Å². The number of carbonyl (C=O) groups excluding carboxylic acids is 1. The van der Waals surface area contributed by atoms with Crippen LogP contribution in [0.4, 0.5) is 11.5 Å². The molecule has 1 fully saturated rings. The number of aromatic nitrogens is 2. The molecule has 0 saturated heterocycles. The first kappa shape index (κ1) is 17.2. The lowest BCUT2D eigenvalue weighted by Gasteiger charge is -2.11. The zero-order valence-corrected chi connectivity index (χ0v) is 15.5. The fourth-order valence-corrected chi connectivity index (χ4v) is 3.03. The highest BCUT2D eigenvalue weighted by Gasteiger charge is 2.23. The first-order chi connectivity index (χ1) is 13.1. The van der Waals surface area contributed by atoms with Gasteiger partial charge in [0.1, 0.15) is 11.5 Å². The van der Waals surface area contributed by atoms with Crippen molar-refractivity contribution in [3.8, 4) is 11.4 Å². The van der Waals surface area contributed by atoms with Crippen LogP contribution in [0, 0.1) is 13.8 Å². The summed E-state index contributed by atoms with van der Waals surface area (Å²) in [7, 11) is 0. The van der Waals surface area contributed by atoms with Gasteiger partial charge in [0.25, 0.3) is 5.91 Å². The van der Waals surface area contributed by atoms with Gasteiger partial charge in [-0.1, -0.05) is 36.4 Å². The van der Waals surface area contributed by atoms with Crippen LogP contribution < -0.4 is 10.6 Å². The summed E-state index contributed by atoms with van der Waals surface area (Å²) in [6.07, 6.45) is 2.27. The zero-order valence-electron chi connectivity index (χ0n) is 15.5. The number of nitrogens with zero attached hydrogens (tertiary/aromatic N) is 2. The van der Waals surface area contributed by atoms with E-state index >= 15 is 0 Å². The van der Waals surface area contributed by atoms with Crippen LogP contribution in [0.5, 0.6) is 0 Å². The van der Waals surface area contributed by atoms with Crippen LogP contribution in [0.3, 0.4) is 0 Å². The lowest BCUT2D eigenvalue weighted by atomic mass is 10.1. The molecular weight excluding hydrogens is 336 g/mol. The lowest BCUT2D eigenvalue weighted by Crippen LogP contribution is -2.16. The summed E-state index contributed by atoms with van der Waals surface area (Å²) >= 11 is 0. The molecule has 0 spiro atoms. The number of rotatable bonds is 5. The van der Waals surface area contributed by atoms with Gasteiger partial charge in [0.2, 0.25) is 0 Å². The molecule has 1 aliphatic rings. The standard InChI is InChI=1S/C22H22N4O/c1-14-10-15(2)12-18(11-14)24-22(27)19-13-20(23-17-8-9-17)26-21(25-19)16-6-4-3-5-7-16/h3-7,10-13,17H,8-9H2,1-2H3,(H,24,27)(H,23,25,26). The molecule has 5 nitrogen and oxygen atoms in total. The van der Waals surface area contributed by atoms with Gasteiger partial charge in [-0.05, 0) is 49.9 Å². The second-order valence-corrected chi connectivity index (χ2v) is 7.08. The fraction of sp³-hybridized carbons (Fsp3) is 0.227. The maximum Gasteiger partial charge on any atom is 0.274 e. The molecule has 2 aromatic carbocycles. The van der Waals surface area contributed by atoms with Gasteiger partial charge >= 0.3 is 0 Å². The number of carbonyl (C=O) groups is 1. The Morgan fingerprint density at radius 3 is 2.33 bits per heavy atom. The molecule has 0 bridgehead atoms. The van der Waals surface area contributed by atoms with E-state index in [0.717, 1.165) is 35.2 Å². The van der Waals surface area contributed by atoms with Crippen LogP contribution in [-0.4, -0.2) is 21.9 Å². The minimum atomic E-state index is -0.238. The van der Waals surface area contributed by atoms with E-state index in [-0.39, 0.29) is 5.91 Å². The number of anilines is 2. The van der Waals surface area contributed by atoms with E-state index < -0.39 is 0 Å². The Hall–Kier alpha value is -3.21. The van der Waals surface area contributed by atoms with E-state index in [1.807, 2.05) is 56.3 Å². The van der Waals surface area contributed by atoms with Crippen molar-refractivity contribution in [2.24, 2.45) is 0 Å². The molecule has 0 aliphatic heterocycles. The van der Waals surface area contributed by atoms with Crippen molar-refractivity contribution in [3.63, 3.8) is 0 Å². The monoisotopic (exact) mass is 358 g/mol. The summed E-state index contributed by atoms with van der Waals surface area (Å²) in [5, 5.41) is 6.33. The van der Waals surface area contributed by atoms with Crippen molar-refractivity contribution in [2.75, 3.05) is 10.6 Å². The highest BCUT2D eigenvalue weighted by molar-refractivity contribution is 6.03. The van der Waals surface area contributed by atoms with Crippen molar-refractivity contribution < 1.29 is 4.79 Å². The van der Waals surface area contributed by atoms with Gasteiger partial charge in [-0.25, -0.2) is 9.97 Å². The van der Waals surface area contributed by atoms with E-state index in [9.17, 15) is 4.79 Å². The number of benzene rings is 2. The molecule has 0 radical (unpaired) electrons. The molecule has 27 heavy (non-hydrogen) atoms. The normalized spacial score (nSPS) is 13.3. The van der Waals surface area contributed by atoms with Gasteiger partial charge in [0, 0.05) is 23.4 Å². The van der Waals surface area contributed by atoms with Crippen LogP contribution in [0.1, 0.15) is 34.5 Å². The Balaban J connectivity index is 1.66. The Labute approximate surface area is 158 Å². The minimum Gasteiger partial charge on any atom is -0.367 e. The second kappa shape index (κ2) is 7.19. The predicted molar refractivity (Wildman–Crippen MR) is 108 cm³/mol. The second-order valence-electron chi connectivity index (χ2n) is 7.08. The molecule has 1 amide bonds. The Bertz CT molecular complexity index is 961. The third-order valence-corrected chi connectivity index (χ3v) is 4.40. The average molecular weight is 358 g/mol. The van der Waals surface area contributed by atoms with Crippen molar-refractivity contribution in [1.82, 2.24) is 9.97 Å². The largest absolute Gasteiger partial charge is 0.367 e.